The van der Waals surface area contributed by atoms with Crippen molar-refractivity contribution in [1.82, 2.24) is 0 Å². The minimum Gasteiger partial charge on any atom is -0.479 e. The van der Waals surface area contributed by atoms with Crippen LogP contribution < -0.4 is 0 Å². The summed E-state index contributed by atoms with van der Waals surface area (Å²) in [6, 6.07) is 5.46. The molecule has 0 aliphatic heterocycles. The van der Waals surface area contributed by atoms with Crippen molar-refractivity contribution in [3.8, 4) is 0 Å². The molecule has 0 unspecified atom stereocenters. The number of halogens is 1. The van der Waals surface area contributed by atoms with Crippen molar-refractivity contribution in [1.29, 1.82) is 0 Å². The first-order valence-electron chi connectivity index (χ1n) is 5.53. The Labute approximate surface area is 106 Å². The summed E-state index contributed by atoms with van der Waals surface area (Å²) >= 11 is 5.90. The number of benzene rings is 1. The molecule has 1 rings (SSSR count). The monoisotopic (exact) mass is 256 g/mol. The molecule has 0 spiro atoms. The predicted molar refractivity (Wildman–Crippen MR) is 67.5 cm³/mol. The van der Waals surface area contributed by atoms with Crippen LogP contribution in [-0.4, -0.2) is 23.3 Å². The second-order valence-corrected chi connectivity index (χ2v) is 4.72. The third-order valence-corrected chi connectivity index (χ3v) is 2.66. The van der Waals surface area contributed by atoms with E-state index < -0.39 is 12.1 Å². The number of carbonyl (C=O) groups is 1. The van der Waals surface area contributed by atoms with Gasteiger partial charge in [0.2, 0.25) is 0 Å². The van der Waals surface area contributed by atoms with E-state index in [2.05, 4.69) is 0 Å². The Bertz CT molecular complexity index is 402. The van der Waals surface area contributed by atoms with E-state index in [4.69, 9.17) is 21.4 Å². The van der Waals surface area contributed by atoms with E-state index in [0.717, 1.165) is 11.1 Å². The zero-order chi connectivity index (χ0) is 13.0. The van der Waals surface area contributed by atoms with Crippen LogP contribution in [0.25, 0.3) is 0 Å². The molecular formula is C13H17ClO3. The zero-order valence-electron chi connectivity index (χ0n) is 10.2. The number of aliphatic carboxylic acids is 1. The van der Waals surface area contributed by atoms with Crippen LogP contribution in [0.3, 0.4) is 0 Å². The van der Waals surface area contributed by atoms with Gasteiger partial charge >= 0.3 is 5.97 Å². The highest BCUT2D eigenvalue weighted by Gasteiger charge is 2.20. The largest absolute Gasteiger partial charge is 0.479 e. The lowest BCUT2D eigenvalue weighted by Gasteiger charge is -2.17. The lowest BCUT2D eigenvalue weighted by atomic mass is 10.0. The Morgan fingerprint density at radius 2 is 2.12 bits per heavy atom. The Balaban J connectivity index is 2.85. The van der Waals surface area contributed by atoms with E-state index in [0.29, 0.717) is 11.4 Å². The molecule has 1 atom stereocenters. The molecule has 0 amide bonds. The average Bonchev–Trinajstić information content (AvgIpc) is 2.21. The van der Waals surface area contributed by atoms with Gasteiger partial charge in [-0.15, -0.1) is 0 Å². The van der Waals surface area contributed by atoms with E-state index in [1.165, 1.54) is 0 Å². The second kappa shape index (κ2) is 6.03. The number of rotatable bonds is 5. The molecule has 0 saturated heterocycles. The van der Waals surface area contributed by atoms with E-state index >= 15 is 0 Å². The molecule has 0 aromatic heterocycles. The summed E-state index contributed by atoms with van der Waals surface area (Å²) in [6.45, 7) is 5.57. The highest BCUT2D eigenvalue weighted by molar-refractivity contribution is 6.30. The topological polar surface area (TPSA) is 46.5 Å². The summed E-state index contributed by atoms with van der Waals surface area (Å²) in [7, 11) is 0. The zero-order valence-corrected chi connectivity index (χ0v) is 11.0. The Hall–Kier alpha value is -1.06. The van der Waals surface area contributed by atoms with E-state index in [1.54, 1.807) is 12.1 Å². The fraction of sp³-hybridized carbons (Fsp3) is 0.462. The lowest BCUT2D eigenvalue weighted by molar-refractivity contribution is -0.153. The molecule has 1 aromatic carbocycles. The second-order valence-electron chi connectivity index (χ2n) is 4.29. The molecule has 1 aromatic rings. The Morgan fingerprint density at radius 1 is 1.47 bits per heavy atom. The van der Waals surface area contributed by atoms with Gasteiger partial charge in [-0.05, 0) is 44.0 Å². The van der Waals surface area contributed by atoms with Crippen molar-refractivity contribution in [2.75, 3.05) is 0 Å². The van der Waals surface area contributed by atoms with Gasteiger partial charge in [0.1, 0.15) is 0 Å². The number of hydrogen-bond acceptors (Lipinski definition) is 2. The first-order chi connectivity index (χ1) is 7.90. The van der Waals surface area contributed by atoms with E-state index in [-0.39, 0.29) is 6.10 Å². The standard InChI is InChI=1S/C13H17ClO3/c1-8(2)17-12(13(15)16)7-10-6-11(14)5-4-9(10)3/h4-6,8,12H,7H2,1-3H3,(H,15,16)/t12-/m1/s1. The number of hydrogen-bond donors (Lipinski definition) is 1. The molecule has 0 radical (unpaired) electrons. The van der Waals surface area contributed by atoms with Crippen LogP contribution in [-0.2, 0) is 16.0 Å². The summed E-state index contributed by atoms with van der Waals surface area (Å²) in [4.78, 5) is 11.1. The smallest absolute Gasteiger partial charge is 0.333 e. The predicted octanol–water partition coefficient (Wildman–Crippen LogP) is 3.07. The van der Waals surface area contributed by atoms with Crippen molar-refractivity contribution >= 4 is 17.6 Å². The van der Waals surface area contributed by atoms with Gasteiger partial charge < -0.3 is 9.84 Å². The molecule has 0 saturated carbocycles. The number of ether oxygens (including phenoxy) is 1. The van der Waals surface area contributed by atoms with Crippen LogP contribution in [0.4, 0.5) is 0 Å². The van der Waals surface area contributed by atoms with Crippen LogP contribution in [0.15, 0.2) is 18.2 Å². The summed E-state index contributed by atoms with van der Waals surface area (Å²) in [5.41, 5.74) is 1.93. The maximum Gasteiger partial charge on any atom is 0.333 e. The SMILES string of the molecule is Cc1ccc(Cl)cc1C[C@@H](OC(C)C)C(=O)O. The number of carboxylic acid groups (broad SMARTS) is 1. The lowest BCUT2D eigenvalue weighted by Crippen LogP contribution is -2.29. The maximum atomic E-state index is 11.1. The molecular weight excluding hydrogens is 240 g/mol. The van der Waals surface area contributed by atoms with Gasteiger partial charge in [-0.3, -0.25) is 0 Å². The first kappa shape index (κ1) is 14.0. The third-order valence-electron chi connectivity index (χ3n) is 2.43. The van der Waals surface area contributed by atoms with Crippen molar-refractivity contribution in [2.45, 2.75) is 39.4 Å². The molecule has 4 heteroatoms. The fourth-order valence-electron chi connectivity index (χ4n) is 1.58. The van der Waals surface area contributed by atoms with E-state index in [1.807, 2.05) is 26.8 Å². The van der Waals surface area contributed by atoms with Crippen LogP contribution in [0, 0.1) is 6.92 Å². The van der Waals surface area contributed by atoms with Crippen molar-refractivity contribution < 1.29 is 14.6 Å². The van der Waals surface area contributed by atoms with Gasteiger partial charge in [0.15, 0.2) is 6.10 Å². The van der Waals surface area contributed by atoms with E-state index in [9.17, 15) is 4.79 Å². The highest BCUT2D eigenvalue weighted by Crippen LogP contribution is 2.18. The van der Waals surface area contributed by atoms with Crippen molar-refractivity contribution in [3.05, 3.63) is 34.3 Å². The molecule has 0 aliphatic carbocycles. The van der Waals surface area contributed by atoms with Gasteiger partial charge in [0.05, 0.1) is 6.10 Å². The summed E-state index contributed by atoms with van der Waals surface area (Å²) < 4.78 is 5.37. The fourth-order valence-corrected chi connectivity index (χ4v) is 1.78. The molecule has 0 heterocycles. The van der Waals surface area contributed by atoms with Crippen LogP contribution >= 0.6 is 11.6 Å². The van der Waals surface area contributed by atoms with Crippen molar-refractivity contribution in [2.24, 2.45) is 0 Å². The summed E-state index contributed by atoms with van der Waals surface area (Å²) in [5, 5.41) is 9.70. The number of aryl methyl sites for hydroxylation is 1. The Kier molecular flexibility index (Phi) is 4.97. The normalized spacial score (nSPS) is 12.8. The third kappa shape index (κ3) is 4.36. The molecule has 17 heavy (non-hydrogen) atoms. The molecule has 0 aliphatic rings. The van der Waals surface area contributed by atoms with Gasteiger partial charge in [-0.1, -0.05) is 17.7 Å². The highest BCUT2D eigenvalue weighted by atomic mass is 35.5. The van der Waals surface area contributed by atoms with Crippen molar-refractivity contribution in [3.63, 3.8) is 0 Å². The maximum absolute atomic E-state index is 11.1. The van der Waals surface area contributed by atoms with Gasteiger partial charge in [-0.25, -0.2) is 4.79 Å². The minimum atomic E-state index is -0.946. The molecule has 0 fully saturated rings. The molecule has 1 N–H and O–H groups in total. The van der Waals surface area contributed by atoms with Crippen LogP contribution in [0.5, 0.6) is 0 Å². The van der Waals surface area contributed by atoms with Gasteiger partial charge in [0.25, 0.3) is 0 Å². The van der Waals surface area contributed by atoms with Crippen LogP contribution in [0.2, 0.25) is 5.02 Å². The molecule has 3 nitrogen and oxygen atoms in total. The first-order valence-corrected chi connectivity index (χ1v) is 5.91. The average molecular weight is 257 g/mol. The molecule has 94 valence electrons. The van der Waals surface area contributed by atoms with Gasteiger partial charge in [-0.2, -0.15) is 0 Å². The minimum absolute atomic E-state index is 0.115. The Morgan fingerprint density at radius 3 is 2.65 bits per heavy atom. The van der Waals surface area contributed by atoms with Crippen LogP contribution in [0.1, 0.15) is 25.0 Å². The summed E-state index contributed by atoms with van der Waals surface area (Å²) in [5.74, 6) is -0.946. The summed E-state index contributed by atoms with van der Waals surface area (Å²) in [6.07, 6.45) is -0.609. The quantitative estimate of drug-likeness (QED) is 0.881. The number of carboxylic acids is 1. The van der Waals surface area contributed by atoms with Gasteiger partial charge in [0, 0.05) is 11.4 Å². The molecule has 0 bridgehead atoms.